The van der Waals surface area contributed by atoms with E-state index in [1.807, 2.05) is 36.1 Å². The summed E-state index contributed by atoms with van der Waals surface area (Å²) in [5.74, 6) is 0.112. The van der Waals surface area contributed by atoms with Crippen LogP contribution in [0.25, 0.3) is 0 Å². The molecule has 7 heteroatoms. The Kier molecular flexibility index (Phi) is 5.37. The van der Waals surface area contributed by atoms with Crippen molar-refractivity contribution in [2.24, 2.45) is 0 Å². The number of benzene rings is 2. The molecule has 0 atom stereocenters. The Bertz CT molecular complexity index is 970. The number of halogens is 1. The van der Waals surface area contributed by atoms with Gasteiger partial charge in [-0.15, -0.1) is 0 Å². The zero-order valence-electron chi connectivity index (χ0n) is 17.3. The van der Waals surface area contributed by atoms with E-state index >= 15 is 0 Å². The second kappa shape index (κ2) is 7.97. The third kappa shape index (κ3) is 3.60. The lowest BCUT2D eigenvalue weighted by Gasteiger charge is -2.52. The molecule has 1 N–H and O–H groups in total. The van der Waals surface area contributed by atoms with Crippen molar-refractivity contribution in [3.05, 3.63) is 59.4 Å². The van der Waals surface area contributed by atoms with Crippen LogP contribution in [0.1, 0.15) is 35.7 Å². The molecule has 0 aromatic heterocycles. The monoisotopic (exact) mass is 411 g/mol. The molecule has 0 unspecified atom stereocenters. The van der Waals surface area contributed by atoms with Gasteiger partial charge in [-0.05, 0) is 42.8 Å². The third-order valence-electron chi connectivity index (χ3n) is 6.11. The Labute approximate surface area is 175 Å². The van der Waals surface area contributed by atoms with E-state index in [4.69, 9.17) is 4.74 Å². The van der Waals surface area contributed by atoms with Crippen LogP contribution >= 0.6 is 0 Å². The molecule has 2 amide bonds. The van der Waals surface area contributed by atoms with Crippen LogP contribution in [0.4, 0.5) is 10.1 Å². The van der Waals surface area contributed by atoms with Crippen molar-refractivity contribution < 1.29 is 18.7 Å². The fourth-order valence-corrected chi connectivity index (χ4v) is 4.57. The number of rotatable bonds is 4. The molecule has 2 aliphatic rings. The summed E-state index contributed by atoms with van der Waals surface area (Å²) in [6.45, 7) is 3.80. The van der Waals surface area contributed by atoms with Crippen LogP contribution in [0.15, 0.2) is 42.5 Å². The molecule has 0 radical (unpaired) electrons. The molecular weight excluding hydrogens is 385 g/mol. The molecule has 0 saturated carbocycles. The average Bonchev–Trinajstić information content (AvgIpc) is 2.75. The second-order valence-corrected chi connectivity index (χ2v) is 7.80. The zero-order chi connectivity index (χ0) is 21.3. The number of carbonyl (C=O) groups excluding carboxylic acids is 2. The van der Waals surface area contributed by atoms with E-state index in [9.17, 15) is 14.0 Å². The van der Waals surface area contributed by atoms with Gasteiger partial charge in [0.05, 0.1) is 24.8 Å². The summed E-state index contributed by atoms with van der Waals surface area (Å²) in [7, 11) is 1.61. The number of amides is 2. The second-order valence-electron chi connectivity index (χ2n) is 7.80. The minimum atomic E-state index is -0.552. The van der Waals surface area contributed by atoms with Crippen LogP contribution in [-0.2, 0) is 11.2 Å². The van der Waals surface area contributed by atoms with E-state index in [1.54, 1.807) is 13.2 Å². The van der Waals surface area contributed by atoms with Crippen molar-refractivity contribution in [1.82, 2.24) is 10.2 Å². The summed E-state index contributed by atoms with van der Waals surface area (Å²) < 4.78 is 18.9. The molecule has 6 nitrogen and oxygen atoms in total. The zero-order valence-corrected chi connectivity index (χ0v) is 17.3. The summed E-state index contributed by atoms with van der Waals surface area (Å²) in [6, 6.07) is 11.9. The number of methoxy groups -OCH3 is 1. The van der Waals surface area contributed by atoms with Crippen molar-refractivity contribution in [2.45, 2.75) is 31.8 Å². The Balaban J connectivity index is 1.48. The maximum absolute atomic E-state index is 13.6. The van der Waals surface area contributed by atoms with Crippen molar-refractivity contribution >= 4 is 17.5 Å². The van der Waals surface area contributed by atoms with Gasteiger partial charge in [0.1, 0.15) is 17.2 Å². The topological polar surface area (TPSA) is 61.9 Å². The smallest absolute Gasteiger partial charge is 0.255 e. The van der Waals surface area contributed by atoms with E-state index in [2.05, 4.69) is 10.2 Å². The van der Waals surface area contributed by atoms with Crippen LogP contribution in [0, 0.1) is 5.82 Å². The molecule has 2 aromatic rings. The normalized spacial score (nSPS) is 17.5. The van der Waals surface area contributed by atoms with Gasteiger partial charge in [0.25, 0.3) is 5.91 Å². The van der Waals surface area contributed by atoms with E-state index in [0.717, 1.165) is 17.0 Å². The molecule has 0 aliphatic carbocycles. The minimum absolute atomic E-state index is 0.0609. The van der Waals surface area contributed by atoms with Crippen molar-refractivity contribution in [1.29, 1.82) is 0 Å². The molecule has 2 aliphatic heterocycles. The SMILES string of the molecule is CCN1c2ccc(F)cc2C(=O)NC12CCN(C(=O)Cc1cccc(OC)c1)CC2. The highest BCUT2D eigenvalue weighted by atomic mass is 19.1. The predicted molar refractivity (Wildman–Crippen MR) is 112 cm³/mol. The summed E-state index contributed by atoms with van der Waals surface area (Å²) in [5.41, 5.74) is 1.47. The van der Waals surface area contributed by atoms with Gasteiger partial charge in [-0.3, -0.25) is 9.59 Å². The fraction of sp³-hybridized carbons (Fsp3) is 0.391. The lowest BCUT2D eigenvalue weighted by atomic mass is 9.89. The van der Waals surface area contributed by atoms with E-state index < -0.39 is 11.5 Å². The highest BCUT2D eigenvalue weighted by Crippen LogP contribution is 2.37. The van der Waals surface area contributed by atoms with Crippen molar-refractivity contribution in [2.75, 3.05) is 31.6 Å². The van der Waals surface area contributed by atoms with Crippen LogP contribution in [-0.4, -0.2) is 49.1 Å². The lowest BCUT2D eigenvalue weighted by molar-refractivity contribution is -0.132. The number of hydrogen-bond acceptors (Lipinski definition) is 4. The molecule has 4 rings (SSSR count). The highest BCUT2D eigenvalue weighted by Gasteiger charge is 2.45. The van der Waals surface area contributed by atoms with Gasteiger partial charge >= 0.3 is 0 Å². The largest absolute Gasteiger partial charge is 0.497 e. The molecule has 2 heterocycles. The molecule has 1 spiro atoms. The molecule has 1 saturated heterocycles. The number of anilines is 1. The van der Waals surface area contributed by atoms with Crippen LogP contribution < -0.4 is 15.0 Å². The Morgan fingerprint density at radius 3 is 2.67 bits per heavy atom. The van der Waals surface area contributed by atoms with Crippen molar-refractivity contribution in [3.8, 4) is 5.75 Å². The Hall–Kier alpha value is -3.09. The van der Waals surface area contributed by atoms with Gasteiger partial charge in [0, 0.05) is 32.5 Å². The highest BCUT2D eigenvalue weighted by molar-refractivity contribution is 6.02. The summed E-state index contributed by atoms with van der Waals surface area (Å²) in [5, 5.41) is 3.11. The first-order chi connectivity index (χ1) is 14.5. The molecule has 1 fully saturated rings. The standard InChI is InChI=1S/C23H26FN3O3/c1-3-27-20-8-7-17(24)15-19(20)22(29)25-23(27)9-11-26(12-10-23)21(28)14-16-5-4-6-18(13-16)30-2/h4-8,13,15H,3,9-12,14H2,1-2H3,(H,25,29). The quantitative estimate of drug-likeness (QED) is 0.840. The number of ether oxygens (including phenoxy) is 1. The first-order valence-electron chi connectivity index (χ1n) is 10.3. The van der Waals surface area contributed by atoms with E-state index in [-0.39, 0.29) is 11.8 Å². The molecule has 30 heavy (non-hydrogen) atoms. The molecular formula is C23H26FN3O3. The summed E-state index contributed by atoms with van der Waals surface area (Å²) in [4.78, 5) is 29.5. The predicted octanol–water partition coefficient (Wildman–Crippen LogP) is 2.97. The van der Waals surface area contributed by atoms with E-state index in [1.165, 1.54) is 12.1 Å². The van der Waals surface area contributed by atoms with Gasteiger partial charge in [-0.1, -0.05) is 12.1 Å². The first kappa shape index (κ1) is 20.2. The minimum Gasteiger partial charge on any atom is -0.497 e. The number of carbonyl (C=O) groups is 2. The molecule has 2 aromatic carbocycles. The molecule has 0 bridgehead atoms. The van der Waals surface area contributed by atoms with Crippen LogP contribution in [0.5, 0.6) is 5.75 Å². The summed E-state index contributed by atoms with van der Waals surface area (Å²) >= 11 is 0. The fourth-order valence-electron chi connectivity index (χ4n) is 4.57. The average molecular weight is 411 g/mol. The van der Waals surface area contributed by atoms with Crippen LogP contribution in [0.2, 0.25) is 0 Å². The number of nitrogens with zero attached hydrogens (tertiary/aromatic N) is 2. The van der Waals surface area contributed by atoms with Gasteiger partial charge in [0.15, 0.2) is 0 Å². The van der Waals surface area contributed by atoms with Gasteiger partial charge < -0.3 is 19.9 Å². The Morgan fingerprint density at radius 2 is 1.97 bits per heavy atom. The number of piperidine rings is 1. The maximum atomic E-state index is 13.6. The lowest BCUT2D eigenvalue weighted by Crippen LogP contribution is -2.68. The Morgan fingerprint density at radius 1 is 1.20 bits per heavy atom. The van der Waals surface area contributed by atoms with E-state index in [0.29, 0.717) is 44.5 Å². The number of likely N-dealkylation sites (tertiary alicyclic amines) is 1. The van der Waals surface area contributed by atoms with Gasteiger partial charge in [-0.25, -0.2) is 4.39 Å². The maximum Gasteiger partial charge on any atom is 0.255 e. The number of fused-ring (bicyclic) bond motifs is 1. The molecule has 158 valence electrons. The first-order valence-corrected chi connectivity index (χ1v) is 10.3. The number of hydrogen-bond donors (Lipinski definition) is 1. The summed E-state index contributed by atoms with van der Waals surface area (Å²) in [6.07, 6.45) is 1.55. The third-order valence-corrected chi connectivity index (χ3v) is 6.11. The van der Waals surface area contributed by atoms with Crippen molar-refractivity contribution in [3.63, 3.8) is 0 Å². The van der Waals surface area contributed by atoms with Gasteiger partial charge in [0.2, 0.25) is 5.91 Å². The number of nitrogens with one attached hydrogen (secondary N) is 1. The van der Waals surface area contributed by atoms with Crippen LogP contribution in [0.3, 0.4) is 0 Å². The van der Waals surface area contributed by atoms with Gasteiger partial charge in [-0.2, -0.15) is 0 Å².